The standard InChI is InChI=1S/C16H16ClN5O2S/c1-10-13(6-7-24-10)15-20-21-16(22(15)18)25-9-14(23)19-8-11-2-4-12(17)5-3-11/h2-7H,8-9,18H2,1H3,(H,19,23). The highest BCUT2D eigenvalue weighted by Crippen LogP contribution is 2.24. The van der Waals surface area contributed by atoms with E-state index in [1.165, 1.54) is 16.4 Å². The van der Waals surface area contributed by atoms with E-state index in [0.29, 0.717) is 28.3 Å². The number of furan rings is 1. The lowest BCUT2D eigenvalue weighted by Crippen LogP contribution is -2.25. The number of nitrogens with two attached hydrogens (primary N) is 1. The molecule has 25 heavy (non-hydrogen) atoms. The predicted molar refractivity (Wildman–Crippen MR) is 96.6 cm³/mol. The molecular weight excluding hydrogens is 362 g/mol. The molecule has 9 heteroatoms. The Bertz CT molecular complexity index is 875. The van der Waals surface area contributed by atoms with Crippen molar-refractivity contribution in [2.75, 3.05) is 11.6 Å². The van der Waals surface area contributed by atoms with Gasteiger partial charge in [0.05, 0.1) is 17.6 Å². The highest BCUT2D eigenvalue weighted by atomic mass is 35.5. The lowest BCUT2D eigenvalue weighted by atomic mass is 10.2. The highest BCUT2D eigenvalue weighted by Gasteiger charge is 2.16. The van der Waals surface area contributed by atoms with Gasteiger partial charge in [0.15, 0.2) is 5.82 Å². The number of benzene rings is 1. The fraction of sp³-hybridized carbons (Fsp3) is 0.188. The minimum atomic E-state index is -0.121. The van der Waals surface area contributed by atoms with E-state index < -0.39 is 0 Å². The van der Waals surface area contributed by atoms with Crippen LogP contribution in [0.1, 0.15) is 11.3 Å². The third-order valence-corrected chi connectivity index (χ3v) is 4.69. The molecule has 0 atom stereocenters. The van der Waals surface area contributed by atoms with Crippen molar-refractivity contribution < 1.29 is 9.21 Å². The largest absolute Gasteiger partial charge is 0.469 e. The van der Waals surface area contributed by atoms with Crippen molar-refractivity contribution in [2.24, 2.45) is 0 Å². The maximum absolute atomic E-state index is 12.0. The first kappa shape index (κ1) is 17.4. The molecule has 7 nitrogen and oxygen atoms in total. The maximum Gasteiger partial charge on any atom is 0.230 e. The highest BCUT2D eigenvalue weighted by molar-refractivity contribution is 7.99. The molecule has 0 aliphatic rings. The van der Waals surface area contributed by atoms with Gasteiger partial charge in [0.1, 0.15) is 5.76 Å². The lowest BCUT2D eigenvalue weighted by Gasteiger charge is -2.06. The van der Waals surface area contributed by atoms with Gasteiger partial charge in [-0.05, 0) is 30.7 Å². The summed E-state index contributed by atoms with van der Waals surface area (Å²) in [6, 6.07) is 9.08. The van der Waals surface area contributed by atoms with E-state index in [1.54, 1.807) is 24.5 Å². The van der Waals surface area contributed by atoms with Crippen molar-refractivity contribution in [1.29, 1.82) is 0 Å². The number of nitrogens with zero attached hydrogens (tertiary/aromatic N) is 3. The van der Waals surface area contributed by atoms with Gasteiger partial charge in [-0.25, -0.2) is 4.68 Å². The van der Waals surface area contributed by atoms with Crippen molar-refractivity contribution in [3.8, 4) is 11.4 Å². The molecule has 130 valence electrons. The van der Waals surface area contributed by atoms with Crippen LogP contribution in [-0.4, -0.2) is 26.5 Å². The van der Waals surface area contributed by atoms with Crippen molar-refractivity contribution in [1.82, 2.24) is 20.2 Å². The smallest absolute Gasteiger partial charge is 0.230 e. The molecule has 0 saturated carbocycles. The van der Waals surface area contributed by atoms with Crippen LogP contribution in [0.3, 0.4) is 0 Å². The third kappa shape index (κ3) is 4.15. The number of nitrogens with one attached hydrogen (secondary N) is 1. The summed E-state index contributed by atoms with van der Waals surface area (Å²) < 4.78 is 6.60. The molecule has 3 aromatic rings. The summed E-state index contributed by atoms with van der Waals surface area (Å²) in [7, 11) is 0. The Balaban J connectivity index is 1.55. The average Bonchev–Trinajstić information content (AvgIpc) is 3.18. The predicted octanol–water partition coefficient (Wildman–Crippen LogP) is 2.62. The number of thioether (sulfide) groups is 1. The number of aryl methyl sites for hydroxylation is 1. The Hall–Kier alpha value is -2.45. The molecule has 0 aliphatic carbocycles. The van der Waals surface area contributed by atoms with Gasteiger partial charge in [-0.1, -0.05) is 35.5 Å². The molecule has 2 heterocycles. The maximum atomic E-state index is 12.0. The van der Waals surface area contributed by atoms with Gasteiger partial charge in [0.25, 0.3) is 0 Å². The summed E-state index contributed by atoms with van der Waals surface area (Å²) in [5.41, 5.74) is 1.75. The molecule has 1 amide bonds. The van der Waals surface area contributed by atoms with Crippen LogP contribution in [-0.2, 0) is 11.3 Å². The normalized spacial score (nSPS) is 10.8. The van der Waals surface area contributed by atoms with E-state index >= 15 is 0 Å². The molecule has 2 aromatic heterocycles. The summed E-state index contributed by atoms with van der Waals surface area (Å²) in [6.45, 7) is 2.26. The van der Waals surface area contributed by atoms with Crippen LogP contribution < -0.4 is 11.2 Å². The number of carbonyl (C=O) groups excluding carboxylic acids is 1. The molecule has 3 rings (SSSR count). The second-order valence-corrected chi connectivity index (χ2v) is 6.64. The Morgan fingerprint density at radius 1 is 1.32 bits per heavy atom. The molecular formula is C16H16ClN5O2S. The van der Waals surface area contributed by atoms with Crippen LogP contribution in [0, 0.1) is 6.92 Å². The van der Waals surface area contributed by atoms with Gasteiger partial charge in [0.2, 0.25) is 11.1 Å². The van der Waals surface area contributed by atoms with Gasteiger partial charge < -0.3 is 15.6 Å². The van der Waals surface area contributed by atoms with Gasteiger partial charge >= 0.3 is 0 Å². The summed E-state index contributed by atoms with van der Waals surface area (Å²) in [5.74, 6) is 7.28. The molecule has 0 unspecified atom stereocenters. The number of hydrogen-bond acceptors (Lipinski definition) is 6. The van der Waals surface area contributed by atoms with E-state index in [-0.39, 0.29) is 11.7 Å². The fourth-order valence-electron chi connectivity index (χ4n) is 2.16. The van der Waals surface area contributed by atoms with E-state index in [9.17, 15) is 4.79 Å². The van der Waals surface area contributed by atoms with Crippen molar-refractivity contribution in [3.05, 3.63) is 52.9 Å². The quantitative estimate of drug-likeness (QED) is 0.506. The Morgan fingerprint density at radius 3 is 2.76 bits per heavy atom. The second kappa shape index (κ2) is 7.62. The van der Waals surface area contributed by atoms with Gasteiger partial charge in [-0.3, -0.25) is 4.79 Å². The Labute approximate surface area is 153 Å². The first-order valence-corrected chi connectivity index (χ1v) is 8.80. The fourth-order valence-corrected chi connectivity index (χ4v) is 2.97. The zero-order valence-corrected chi connectivity index (χ0v) is 15.0. The van der Waals surface area contributed by atoms with Crippen molar-refractivity contribution >= 4 is 29.3 Å². The molecule has 0 fully saturated rings. The molecule has 0 radical (unpaired) electrons. The van der Waals surface area contributed by atoms with Crippen molar-refractivity contribution in [3.63, 3.8) is 0 Å². The van der Waals surface area contributed by atoms with Gasteiger partial charge in [0, 0.05) is 11.6 Å². The van der Waals surface area contributed by atoms with Crippen molar-refractivity contribution in [2.45, 2.75) is 18.6 Å². The third-order valence-electron chi connectivity index (χ3n) is 3.50. The van der Waals surface area contributed by atoms with E-state index in [2.05, 4.69) is 15.5 Å². The van der Waals surface area contributed by atoms with E-state index in [0.717, 1.165) is 11.1 Å². The number of carbonyl (C=O) groups is 1. The van der Waals surface area contributed by atoms with Gasteiger partial charge in [-0.2, -0.15) is 0 Å². The average molecular weight is 378 g/mol. The summed E-state index contributed by atoms with van der Waals surface area (Å²) >= 11 is 7.05. The molecule has 1 aromatic carbocycles. The molecule has 0 bridgehead atoms. The summed E-state index contributed by atoms with van der Waals surface area (Å²) in [6.07, 6.45) is 1.57. The van der Waals surface area contributed by atoms with Crippen LogP contribution in [0.4, 0.5) is 0 Å². The van der Waals surface area contributed by atoms with Crippen LogP contribution in [0.15, 0.2) is 46.2 Å². The number of aromatic nitrogens is 3. The molecule has 0 aliphatic heterocycles. The molecule has 0 spiro atoms. The lowest BCUT2D eigenvalue weighted by molar-refractivity contribution is -0.118. The number of nitrogen functional groups attached to an aromatic ring is 1. The Kier molecular flexibility index (Phi) is 5.30. The Morgan fingerprint density at radius 2 is 2.08 bits per heavy atom. The summed E-state index contributed by atoms with van der Waals surface area (Å²) in [5, 5.41) is 12.0. The monoisotopic (exact) mass is 377 g/mol. The number of rotatable bonds is 6. The topological polar surface area (TPSA) is 99.0 Å². The first-order valence-electron chi connectivity index (χ1n) is 7.43. The molecule has 3 N–H and O–H groups in total. The van der Waals surface area contributed by atoms with Crippen LogP contribution in [0.25, 0.3) is 11.4 Å². The summed E-state index contributed by atoms with van der Waals surface area (Å²) in [4.78, 5) is 12.0. The zero-order chi connectivity index (χ0) is 17.8. The molecule has 0 saturated heterocycles. The van der Waals surface area contributed by atoms with Crippen LogP contribution >= 0.6 is 23.4 Å². The number of halogens is 1. The van der Waals surface area contributed by atoms with E-state index in [4.69, 9.17) is 21.9 Å². The minimum Gasteiger partial charge on any atom is -0.469 e. The zero-order valence-electron chi connectivity index (χ0n) is 13.4. The number of hydrogen-bond donors (Lipinski definition) is 2. The van der Waals surface area contributed by atoms with Crippen LogP contribution in [0.5, 0.6) is 0 Å². The van der Waals surface area contributed by atoms with Gasteiger partial charge in [-0.15, -0.1) is 10.2 Å². The first-order chi connectivity index (χ1) is 12.0. The van der Waals surface area contributed by atoms with E-state index in [1.807, 2.05) is 19.1 Å². The number of amides is 1. The minimum absolute atomic E-state index is 0.121. The second-order valence-electron chi connectivity index (χ2n) is 5.26. The van der Waals surface area contributed by atoms with Crippen LogP contribution in [0.2, 0.25) is 5.02 Å². The SMILES string of the molecule is Cc1occc1-c1nnc(SCC(=O)NCc2ccc(Cl)cc2)n1N.